The summed E-state index contributed by atoms with van der Waals surface area (Å²) in [6.45, 7) is 2.91. The summed E-state index contributed by atoms with van der Waals surface area (Å²) in [5.41, 5.74) is 1.15. The molecule has 1 aromatic heterocycles. The van der Waals surface area contributed by atoms with Crippen LogP contribution in [0.4, 0.5) is 5.69 Å². The van der Waals surface area contributed by atoms with Crippen LogP contribution in [-0.2, 0) is 9.84 Å². The molecule has 1 rings (SSSR count). The molecule has 0 atom stereocenters. The molecule has 0 aromatic carbocycles. The molecule has 0 radical (unpaired) electrons. The van der Waals surface area contributed by atoms with Crippen LogP contribution in [0.15, 0.2) is 18.3 Å². The van der Waals surface area contributed by atoms with Crippen LogP contribution in [0.1, 0.15) is 17.4 Å². The van der Waals surface area contributed by atoms with Crippen LogP contribution in [0, 0.1) is 0 Å². The zero-order valence-electron chi connectivity index (χ0n) is 11.4. The molecule has 0 saturated carbocycles. The maximum Gasteiger partial charge on any atom is 0.272 e. The van der Waals surface area contributed by atoms with Gasteiger partial charge in [0.05, 0.1) is 17.6 Å². The molecule has 1 amide bonds. The lowest BCUT2D eigenvalue weighted by molar-refractivity contribution is 0.0798. The summed E-state index contributed by atoms with van der Waals surface area (Å²) >= 11 is 0. The molecule has 0 spiro atoms. The van der Waals surface area contributed by atoms with Gasteiger partial charge in [-0.25, -0.2) is 13.4 Å². The Morgan fingerprint density at radius 1 is 1.42 bits per heavy atom. The van der Waals surface area contributed by atoms with Crippen molar-refractivity contribution < 1.29 is 13.2 Å². The molecule has 106 valence electrons. The molecule has 0 aliphatic carbocycles. The highest BCUT2D eigenvalue weighted by Crippen LogP contribution is 2.07. The van der Waals surface area contributed by atoms with E-state index in [-0.39, 0.29) is 18.2 Å². The fourth-order valence-electron chi connectivity index (χ4n) is 1.43. The molecule has 19 heavy (non-hydrogen) atoms. The number of aromatic nitrogens is 1. The molecule has 7 heteroatoms. The molecule has 0 aliphatic rings. The van der Waals surface area contributed by atoms with E-state index in [9.17, 15) is 13.2 Å². The van der Waals surface area contributed by atoms with Gasteiger partial charge in [-0.2, -0.15) is 0 Å². The number of nitrogens with zero attached hydrogens (tertiary/aromatic N) is 2. The number of amides is 1. The van der Waals surface area contributed by atoms with Gasteiger partial charge in [0.25, 0.3) is 5.91 Å². The van der Waals surface area contributed by atoms with Crippen molar-refractivity contribution >= 4 is 21.4 Å². The minimum absolute atomic E-state index is 0.0509. The van der Waals surface area contributed by atoms with E-state index < -0.39 is 9.84 Å². The lowest BCUT2D eigenvalue weighted by Crippen LogP contribution is -2.31. The van der Waals surface area contributed by atoms with E-state index in [0.29, 0.717) is 5.69 Å². The van der Waals surface area contributed by atoms with Crippen LogP contribution < -0.4 is 5.32 Å². The van der Waals surface area contributed by atoms with E-state index in [1.807, 2.05) is 6.92 Å². The Bertz CT molecular complexity index is 526. The molecule has 6 nitrogen and oxygen atoms in total. The Hall–Kier alpha value is -1.63. The zero-order chi connectivity index (χ0) is 14.5. The first-order valence-electron chi connectivity index (χ1n) is 5.96. The normalized spacial score (nSPS) is 11.1. The van der Waals surface area contributed by atoms with Crippen LogP contribution in [-0.4, -0.2) is 56.4 Å². The lowest BCUT2D eigenvalue weighted by atomic mass is 10.3. The van der Waals surface area contributed by atoms with Gasteiger partial charge in [0, 0.05) is 26.4 Å². The van der Waals surface area contributed by atoms with Crippen molar-refractivity contribution in [3.8, 4) is 0 Å². The third-order valence-corrected chi connectivity index (χ3v) is 3.43. The van der Waals surface area contributed by atoms with Gasteiger partial charge in [0.2, 0.25) is 0 Å². The van der Waals surface area contributed by atoms with E-state index in [1.54, 1.807) is 25.4 Å². The second-order valence-electron chi connectivity index (χ2n) is 4.32. The Balaban J connectivity index is 2.66. The third kappa shape index (κ3) is 5.25. The number of rotatable bonds is 6. The quantitative estimate of drug-likeness (QED) is 0.829. The van der Waals surface area contributed by atoms with Crippen molar-refractivity contribution in [3.63, 3.8) is 0 Å². The second kappa shape index (κ2) is 6.51. The summed E-state index contributed by atoms with van der Waals surface area (Å²) in [5, 5.41) is 3.08. The van der Waals surface area contributed by atoms with Crippen LogP contribution in [0.2, 0.25) is 0 Å². The monoisotopic (exact) mass is 285 g/mol. The number of anilines is 1. The molecule has 1 heterocycles. The Labute approximate surface area is 113 Å². The highest BCUT2D eigenvalue weighted by atomic mass is 32.2. The molecule has 0 unspecified atom stereocenters. The van der Waals surface area contributed by atoms with Crippen LogP contribution in [0.25, 0.3) is 0 Å². The molecular weight excluding hydrogens is 266 g/mol. The number of carbonyl (C=O) groups is 1. The average Bonchev–Trinajstić information content (AvgIpc) is 2.35. The number of sulfone groups is 1. The summed E-state index contributed by atoms with van der Waals surface area (Å²) in [4.78, 5) is 17.4. The number of carbonyl (C=O) groups excluding carboxylic acids is 1. The van der Waals surface area contributed by atoms with Crippen molar-refractivity contribution in [1.29, 1.82) is 0 Å². The first-order chi connectivity index (χ1) is 8.83. The van der Waals surface area contributed by atoms with Gasteiger partial charge in [-0.1, -0.05) is 0 Å². The zero-order valence-corrected chi connectivity index (χ0v) is 12.2. The fourth-order valence-corrected chi connectivity index (χ4v) is 2.03. The van der Waals surface area contributed by atoms with Crippen molar-refractivity contribution in [2.24, 2.45) is 0 Å². The summed E-state index contributed by atoms with van der Waals surface area (Å²) in [6.07, 6.45) is 2.73. The predicted molar refractivity (Wildman–Crippen MR) is 75.1 cm³/mol. The SMILES string of the molecule is CCNc1ccc(C(=O)N(C)CCS(C)(=O)=O)nc1. The molecular formula is C12H19N3O3S. The molecule has 1 aromatic rings. The summed E-state index contributed by atoms with van der Waals surface area (Å²) in [7, 11) is -1.51. The van der Waals surface area contributed by atoms with Crippen LogP contribution in [0.3, 0.4) is 0 Å². The number of hydrogen-bond donors (Lipinski definition) is 1. The summed E-state index contributed by atoms with van der Waals surface area (Å²) in [5.74, 6) is -0.336. The molecule has 1 N–H and O–H groups in total. The maximum absolute atomic E-state index is 12.0. The van der Waals surface area contributed by atoms with Crippen LogP contribution >= 0.6 is 0 Å². The predicted octanol–water partition coefficient (Wildman–Crippen LogP) is 0.630. The molecule has 0 saturated heterocycles. The Kier molecular flexibility index (Phi) is 5.29. The minimum Gasteiger partial charge on any atom is -0.384 e. The number of nitrogens with one attached hydrogen (secondary N) is 1. The van der Waals surface area contributed by atoms with E-state index in [4.69, 9.17) is 0 Å². The minimum atomic E-state index is -3.07. The highest BCUT2D eigenvalue weighted by Gasteiger charge is 2.14. The summed E-state index contributed by atoms with van der Waals surface area (Å²) in [6, 6.07) is 3.39. The first kappa shape index (κ1) is 15.4. The van der Waals surface area contributed by atoms with E-state index in [0.717, 1.165) is 18.5 Å². The Morgan fingerprint density at radius 2 is 2.11 bits per heavy atom. The van der Waals surface area contributed by atoms with E-state index in [1.165, 1.54) is 4.90 Å². The van der Waals surface area contributed by atoms with Gasteiger partial charge in [0.15, 0.2) is 0 Å². The smallest absolute Gasteiger partial charge is 0.272 e. The van der Waals surface area contributed by atoms with Gasteiger partial charge in [0.1, 0.15) is 15.5 Å². The Morgan fingerprint density at radius 3 is 2.58 bits per heavy atom. The molecule has 0 fully saturated rings. The first-order valence-corrected chi connectivity index (χ1v) is 8.02. The maximum atomic E-state index is 12.0. The summed E-state index contributed by atoms with van der Waals surface area (Å²) < 4.78 is 22.1. The topological polar surface area (TPSA) is 79.4 Å². The highest BCUT2D eigenvalue weighted by molar-refractivity contribution is 7.90. The van der Waals surface area contributed by atoms with Gasteiger partial charge in [-0.15, -0.1) is 0 Å². The number of hydrogen-bond acceptors (Lipinski definition) is 5. The van der Waals surface area contributed by atoms with Crippen molar-refractivity contribution in [2.45, 2.75) is 6.92 Å². The number of pyridine rings is 1. The molecule has 0 aliphatic heterocycles. The van der Waals surface area contributed by atoms with Gasteiger partial charge in [-0.3, -0.25) is 4.79 Å². The van der Waals surface area contributed by atoms with Gasteiger partial charge >= 0.3 is 0 Å². The fraction of sp³-hybridized carbons (Fsp3) is 0.500. The van der Waals surface area contributed by atoms with Crippen molar-refractivity contribution in [1.82, 2.24) is 9.88 Å². The van der Waals surface area contributed by atoms with Gasteiger partial charge in [-0.05, 0) is 19.1 Å². The lowest BCUT2D eigenvalue weighted by Gasteiger charge is -2.16. The average molecular weight is 285 g/mol. The largest absolute Gasteiger partial charge is 0.384 e. The van der Waals surface area contributed by atoms with E-state index >= 15 is 0 Å². The second-order valence-corrected chi connectivity index (χ2v) is 6.58. The van der Waals surface area contributed by atoms with Crippen molar-refractivity contribution in [2.75, 3.05) is 37.5 Å². The molecule has 0 bridgehead atoms. The van der Waals surface area contributed by atoms with Gasteiger partial charge < -0.3 is 10.2 Å². The van der Waals surface area contributed by atoms with Crippen molar-refractivity contribution in [3.05, 3.63) is 24.0 Å². The third-order valence-electron chi connectivity index (χ3n) is 2.51. The van der Waals surface area contributed by atoms with Crippen LogP contribution in [0.5, 0.6) is 0 Å². The van der Waals surface area contributed by atoms with E-state index in [2.05, 4.69) is 10.3 Å². The standard InChI is InChI=1S/C12H19N3O3S/c1-4-13-10-5-6-11(14-9-10)12(16)15(2)7-8-19(3,17)18/h5-6,9,13H,4,7-8H2,1-3H3.